The summed E-state index contributed by atoms with van der Waals surface area (Å²) in [5, 5.41) is 2.81. The average Bonchev–Trinajstić information content (AvgIpc) is 3.03. The number of rotatable bonds is 5. The van der Waals surface area contributed by atoms with Gasteiger partial charge in [-0.15, -0.1) is 0 Å². The van der Waals surface area contributed by atoms with Crippen LogP contribution in [0.15, 0.2) is 0 Å². The van der Waals surface area contributed by atoms with Crippen LogP contribution in [0.5, 0.6) is 0 Å². The number of hydrogen-bond donors (Lipinski definition) is 1. The van der Waals surface area contributed by atoms with E-state index in [9.17, 15) is 9.59 Å². The predicted octanol–water partition coefficient (Wildman–Crippen LogP) is 1.90. The molecular weight excluding hydrogens is 294 g/mol. The van der Waals surface area contributed by atoms with Gasteiger partial charge in [0.15, 0.2) is 6.61 Å². The van der Waals surface area contributed by atoms with Crippen LogP contribution < -0.4 is 5.32 Å². The third-order valence-electron chi connectivity index (χ3n) is 6.40. The molecule has 0 aromatic rings. The molecule has 0 aromatic carbocycles. The Kier molecular flexibility index (Phi) is 4.31. The molecule has 4 aliphatic carbocycles. The van der Waals surface area contributed by atoms with Gasteiger partial charge in [0.1, 0.15) is 0 Å². The fourth-order valence-electron chi connectivity index (χ4n) is 5.63. The SMILES string of the molecule is O=C(COC(=O)C1C2CC3CC(C2)CC1C3)NC[C@@H]1CCCO1. The Hall–Kier alpha value is -1.10. The van der Waals surface area contributed by atoms with Crippen LogP contribution in [0.3, 0.4) is 0 Å². The lowest BCUT2D eigenvalue weighted by atomic mass is 9.52. The first-order valence-corrected chi connectivity index (χ1v) is 9.24. The van der Waals surface area contributed by atoms with Gasteiger partial charge in [-0.2, -0.15) is 0 Å². The van der Waals surface area contributed by atoms with Gasteiger partial charge in [-0.05, 0) is 68.6 Å². The van der Waals surface area contributed by atoms with E-state index >= 15 is 0 Å². The second-order valence-electron chi connectivity index (χ2n) is 8.00. The summed E-state index contributed by atoms with van der Waals surface area (Å²) in [6, 6.07) is 0. The Morgan fingerprint density at radius 3 is 2.35 bits per heavy atom. The summed E-state index contributed by atoms with van der Waals surface area (Å²) in [5.74, 6) is 2.41. The number of esters is 1. The highest BCUT2D eigenvalue weighted by Gasteiger charge is 2.51. The lowest BCUT2D eigenvalue weighted by Gasteiger charge is -2.53. The van der Waals surface area contributed by atoms with Gasteiger partial charge in [-0.3, -0.25) is 9.59 Å². The zero-order chi connectivity index (χ0) is 15.8. The average molecular weight is 321 g/mol. The summed E-state index contributed by atoms with van der Waals surface area (Å²) in [6.45, 7) is 1.16. The molecule has 0 spiro atoms. The summed E-state index contributed by atoms with van der Waals surface area (Å²) in [6.07, 6.45) is 8.32. The molecule has 5 rings (SSSR count). The van der Waals surface area contributed by atoms with Crippen LogP contribution in [-0.2, 0) is 19.1 Å². The molecule has 0 radical (unpaired) electrons. The van der Waals surface area contributed by atoms with Gasteiger partial charge in [-0.1, -0.05) is 0 Å². The fraction of sp³-hybridized carbons (Fsp3) is 0.889. The van der Waals surface area contributed by atoms with Crippen molar-refractivity contribution in [2.75, 3.05) is 19.8 Å². The number of amides is 1. The van der Waals surface area contributed by atoms with Gasteiger partial charge >= 0.3 is 5.97 Å². The normalized spacial score (nSPS) is 41.0. The number of ether oxygens (including phenoxy) is 2. The minimum atomic E-state index is -0.210. The fourth-order valence-corrected chi connectivity index (χ4v) is 5.63. The van der Waals surface area contributed by atoms with Gasteiger partial charge < -0.3 is 14.8 Å². The summed E-state index contributed by atoms with van der Waals surface area (Å²) >= 11 is 0. The molecule has 23 heavy (non-hydrogen) atoms. The summed E-state index contributed by atoms with van der Waals surface area (Å²) in [4.78, 5) is 24.3. The summed E-state index contributed by atoms with van der Waals surface area (Å²) < 4.78 is 10.8. The molecule has 4 saturated carbocycles. The van der Waals surface area contributed by atoms with Crippen molar-refractivity contribution in [3.63, 3.8) is 0 Å². The summed E-state index contributed by atoms with van der Waals surface area (Å²) in [5.41, 5.74) is 0. The minimum absolute atomic E-state index is 0.0498. The van der Waals surface area contributed by atoms with Gasteiger partial charge in [0.05, 0.1) is 12.0 Å². The molecule has 128 valence electrons. The molecule has 5 heteroatoms. The van der Waals surface area contributed by atoms with E-state index in [2.05, 4.69) is 5.32 Å². The zero-order valence-electron chi connectivity index (χ0n) is 13.7. The Morgan fingerprint density at radius 1 is 1.04 bits per heavy atom. The van der Waals surface area contributed by atoms with Crippen molar-refractivity contribution in [2.24, 2.45) is 29.6 Å². The van der Waals surface area contributed by atoms with Crippen LogP contribution in [0.2, 0.25) is 0 Å². The standard InChI is InChI=1S/C18H27NO4/c20-16(19-9-15-2-1-3-22-15)10-23-18(21)17-13-5-11-4-12(7-13)8-14(17)6-11/h11-15,17H,1-10H2,(H,19,20)/t11?,12?,13?,14?,15-,17?/m0/s1. The molecule has 5 fully saturated rings. The van der Waals surface area contributed by atoms with Crippen molar-refractivity contribution in [3.8, 4) is 0 Å². The van der Waals surface area contributed by atoms with Crippen molar-refractivity contribution in [1.29, 1.82) is 0 Å². The van der Waals surface area contributed by atoms with Crippen molar-refractivity contribution < 1.29 is 19.1 Å². The molecule has 1 atom stereocenters. The van der Waals surface area contributed by atoms with E-state index < -0.39 is 0 Å². The molecule has 1 N–H and O–H groups in total. The summed E-state index contributed by atoms with van der Waals surface area (Å²) in [7, 11) is 0. The molecule has 1 amide bonds. The molecule has 1 aliphatic heterocycles. The van der Waals surface area contributed by atoms with Gasteiger partial charge in [-0.25, -0.2) is 0 Å². The molecule has 1 heterocycles. The Labute approximate surface area is 137 Å². The van der Waals surface area contributed by atoms with Crippen molar-refractivity contribution in [2.45, 2.75) is 51.0 Å². The van der Waals surface area contributed by atoms with Crippen LogP contribution in [0.25, 0.3) is 0 Å². The molecule has 0 unspecified atom stereocenters. The van der Waals surface area contributed by atoms with E-state index in [0.29, 0.717) is 18.4 Å². The minimum Gasteiger partial charge on any atom is -0.455 e. The van der Waals surface area contributed by atoms with E-state index in [1.807, 2.05) is 0 Å². The monoisotopic (exact) mass is 321 g/mol. The lowest BCUT2D eigenvalue weighted by Crippen LogP contribution is -2.48. The van der Waals surface area contributed by atoms with Crippen LogP contribution in [0.4, 0.5) is 0 Å². The maximum absolute atomic E-state index is 12.5. The zero-order valence-corrected chi connectivity index (χ0v) is 13.7. The molecule has 0 aromatic heterocycles. The highest BCUT2D eigenvalue weighted by Crippen LogP contribution is 2.56. The number of carbonyl (C=O) groups is 2. The van der Waals surface area contributed by atoms with Crippen LogP contribution in [0, 0.1) is 29.6 Å². The molecule has 1 saturated heterocycles. The van der Waals surface area contributed by atoms with Crippen LogP contribution in [0.1, 0.15) is 44.9 Å². The maximum Gasteiger partial charge on any atom is 0.310 e. The Bertz CT molecular complexity index is 444. The van der Waals surface area contributed by atoms with Crippen LogP contribution >= 0.6 is 0 Å². The van der Waals surface area contributed by atoms with Crippen LogP contribution in [-0.4, -0.2) is 37.7 Å². The molecule has 4 bridgehead atoms. The highest BCUT2D eigenvalue weighted by atomic mass is 16.5. The molecule has 5 aliphatic rings. The quantitative estimate of drug-likeness (QED) is 0.786. The van der Waals surface area contributed by atoms with Gasteiger partial charge in [0.2, 0.25) is 0 Å². The lowest BCUT2D eigenvalue weighted by molar-refractivity contribution is -0.164. The van der Waals surface area contributed by atoms with E-state index in [-0.39, 0.29) is 30.5 Å². The predicted molar refractivity (Wildman–Crippen MR) is 83.5 cm³/mol. The van der Waals surface area contributed by atoms with Gasteiger partial charge in [0, 0.05) is 13.2 Å². The largest absolute Gasteiger partial charge is 0.455 e. The van der Waals surface area contributed by atoms with Crippen molar-refractivity contribution in [1.82, 2.24) is 5.32 Å². The first kappa shape index (κ1) is 15.4. The first-order valence-electron chi connectivity index (χ1n) is 9.24. The molecule has 5 nitrogen and oxygen atoms in total. The molecular formula is C18H27NO4. The maximum atomic E-state index is 12.5. The number of carbonyl (C=O) groups excluding carboxylic acids is 2. The smallest absolute Gasteiger partial charge is 0.310 e. The Balaban J connectivity index is 1.23. The number of hydrogen-bond acceptors (Lipinski definition) is 4. The van der Waals surface area contributed by atoms with E-state index in [4.69, 9.17) is 9.47 Å². The third-order valence-corrected chi connectivity index (χ3v) is 6.40. The van der Waals surface area contributed by atoms with E-state index in [1.54, 1.807) is 0 Å². The second-order valence-corrected chi connectivity index (χ2v) is 8.00. The van der Waals surface area contributed by atoms with E-state index in [0.717, 1.165) is 31.3 Å². The number of nitrogens with one attached hydrogen (secondary N) is 1. The second kappa shape index (κ2) is 6.42. The third kappa shape index (κ3) is 3.25. The topological polar surface area (TPSA) is 64.6 Å². The van der Waals surface area contributed by atoms with Crippen molar-refractivity contribution >= 4 is 11.9 Å². The van der Waals surface area contributed by atoms with Crippen molar-refractivity contribution in [3.05, 3.63) is 0 Å². The van der Waals surface area contributed by atoms with Gasteiger partial charge in [0.25, 0.3) is 5.91 Å². The highest BCUT2D eigenvalue weighted by molar-refractivity contribution is 5.81. The Morgan fingerprint density at radius 2 is 1.74 bits per heavy atom. The first-order chi connectivity index (χ1) is 11.2. The van der Waals surface area contributed by atoms with E-state index in [1.165, 1.54) is 32.1 Å².